The summed E-state index contributed by atoms with van der Waals surface area (Å²) in [6.07, 6.45) is 3.55. The lowest BCUT2D eigenvalue weighted by atomic mass is 10.1. The summed E-state index contributed by atoms with van der Waals surface area (Å²) in [5.74, 6) is 2.30. The van der Waals surface area contributed by atoms with Crippen molar-refractivity contribution < 1.29 is 4.57 Å². The van der Waals surface area contributed by atoms with Crippen LogP contribution in [0.5, 0.6) is 0 Å². The minimum Gasteiger partial charge on any atom is -0.253 e. The summed E-state index contributed by atoms with van der Waals surface area (Å²) in [4.78, 5) is 9.37. The molecule has 2 aromatic heterocycles. The molecule has 0 spiro atoms. The van der Waals surface area contributed by atoms with E-state index in [-0.39, 0.29) is 5.92 Å². The van der Waals surface area contributed by atoms with Gasteiger partial charge in [0, 0.05) is 18.3 Å². The number of hydrogen-bond donors (Lipinski definition) is 0. The second-order valence-corrected chi connectivity index (χ2v) is 6.94. The summed E-state index contributed by atoms with van der Waals surface area (Å²) in [5, 5.41) is 0. The zero-order valence-corrected chi connectivity index (χ0v) is 15.6. The molecular formula is C22H23N4+. The fourth-order valence-electron chi connectivity index (χ4n) is 3.58. The van der Waals surface area contributed by atoms with Crippen molar-refractivity contribution in [3.8, 4) is 17.2 Å². The van der Waals surface area contributed by atoms with Crippen LogP contribution in [0.3, 0.4) is 0 Å². The van der Waals surface area contributed by atoms with Crippen molar-refractivity contribution in [1.29, 1.82) is 0 Å². The van der Waals surface area contributed by atoms with Gasteiger partial charge < -0.3 is 0 Å². The number of aryl methyl sites for hydroxylation is 2. The maximum Gasteiger partial charge on any atom is 0.296 e. The summed E-state index contributed by atoms with van der Waals surface area (Å²) in [7, 11) is 2.12. The average molecular weight is 343 g/mol. The summed E-state index contributed by atoms with van der Waals surface area (Å²) in [6.45, 7) is 6.47. The van der Waals surface area contributed by atoms with Gasteiger partial charge in [-0.3, -0.25) is 4.98 Å². The zero-order valence-electron chi connectivity index (χ0n) is 15.6. The van der Waals surface area contributed by atoms with E-state index in [0.717, 1.165) is 22.9 Å². The standard InChI is InChI=1S/C22H23N4/c1-15(2)20-21(24-14-13-23-20)26-19-12-8-7-11-18(19)25(4)22(26)17-10-6-5-9-16(17)3/h5-15H,1-4H3/q+1. The Morgan fingerprint density at radius 1 is 0.923 bits per heavy atom. The van der Waals surface area contributed by atoms with E-state index in [2.05, 4.69) is 90.5 Å². The minimum atomic E-state index is 0.287. The normalized spacial score (nSPS) is 11.4. The van der Waals surface area contributed by atoms with Crippen molar-refractivity contribution in [2.24, 2.45) is 7.05 Å². The van der Waals surface area contributed by atoms with Crippen LogP contribution in [-0.4, -0.2) is 14.5 Å². The molecule has 0 aliphatic rings. The van der Waals surface area contributed by atoms with Crippen LogP contribution in [0.2, 0.25) is 0 Å². The molecule has 0 aliphatic heterocycles. The first-order chi connectivity index (χ1) is 12.6. The highest BCUT2D eigenvalue weighted by atomic mass is 15.2. The van der Waals surface area contributed by atoms with Gasteiger partial charge in [0.15, 0.2) is 11.0 Å². The van der Waals surface area contributed by atoms with Gasteiger partial charge in [0.1, 0.15) is 5.69 Å². The van der Waals surface area contributed by atoms with Crippen molar-refractivity contribution in [1.82, 2.24) is 14.5 Å². The highest BCUT2D eigenvalue weighted by molar-refractivity contribution is 5.79. The number of imidazole rings is 1. The average Bonchev–Trinajstić information content (AvgIpc) is 2.95. The van der Waals surface area contributed by atoms with Crippen LogP contribution in [0.25, 0.3) is 28.2 Å². The van der Waals surface area contributed by atoms with E-state index in [0.29, 0.717) is 0 Å². The number of benzene rings is 2. The van der Waals surface area contributed by atoms with E-state index in [1.165, 1.54) is 16.6 Å². The van der Waals surface area contributed by atoms with Crippen molar-refractivity contribution >= 4 is 11.0 Å². The summed E-state index contributed by atoms with van der Waals surface area (Å²) >= 11 is 0. The molecule has 0 amide bonds. The first-order valence-electron chi connectivity index (χ1n) is 8.96. The predicted octanol–water partition coefficient (Wildman–Crippen LogP) is 4.34. The highest BCUT2D eigenvalue weighted by Crippen LogP contribution is 2.30. The fourth-order valence-corrected chi connectivity index (χ4v) is 3.58. The molecule has 2 aromatic carbocycles. The van der Waals surface area contributed by atoms with E-state index in [1.807, 2.05) is 0 Å². The van der Waals surface area contributed by atoms with E-state index in [1.54, 1.807) is 12.4 Å². The van der Waals surface area contributed by atoms with Crippen LogP contribution < -0.4 is 4.57 Å². The smallest absolute Gasteiger partial charge is 0.253 e. The Balaban J connectivity index is 2.16. The Morgan fingerprint density at radius 3 is 2.38 bits per heavy atom. The summed E-state index contributed by atoms with van der Waals surface area (Å²) in [6, 6.07) is 16.9. The van der Waals surface area contributed by atoms with Gasteiger partial charge in [0.25, 0.3) is 5.82 Å². The minimum absolute atomic E-state index is 0.287. The van der Waals surface area contributed by atoms with Gasteiger partial charge in [-0.25, -0.2) is 9.55 Å². The van der Waals surface area contributed by atoms with E-state index in [9.17, 15) is 0 Å². The second kappa shape index (κ2) is 6.37. The highest BCUT2D eigenvalue weighted by Gasteiger charge is 2.29. The molecule has 130 valence electrons. The molecule has 0 aliphatic carbocycles. The molecular weight excluding hydrogens is 320 g/mol. The summed E-state index contributed by atoms with van der Waals surface area (Å²) in [5.41, 5.74) is 5.75. The molecule has 0 radical (unpaired) electrons. The van der Waals surface area contributed by atoms with Gasteiger partial charge in [0.2, 0.25) is 5.82 Å². The molecule has 0 bridgehead atoms. The molecule has 4 heteroatoms. The molecule has 4 nitrogen and oxygen atoms in total. The first-order valence-corrected chi connectivity index (χ1v) is 8.96. The summed E-state index contributed by atoms with van der Waals surface area (Å²) < 4.78 is 4.50. The quantitative estimate of drug-likeness (QED) is 0.519. The van der Waals surface area contributed by atoms with Crippen LogP contribution >= 0.6 is 0 Å². The van der Waals surface area contributed by atoms with Gasteiger partial charge >= 0.3 is 0 Å². The molecule has 0 N–H and O–H groups in total. The lowest BCUT2D eigenvalue weighted by Crippen LogP contribution is -2.30. The Kier molecular flexibility index (Phi) is 4.03. The Hall–Kier alpha value is -3.01. The van der Waals surface area contributed by atoms with Gasteiger partial charge in [-0.2, -0.15) is 4.57 Å². The van der Waals surface area contributed by atoms with E-state index >= 15 is 0 Å². The monoisotopic (exact) mass is 343 g/mol. The van der Waals surface area contributed by atoms with Crippen LogP contribution in [0, 0.1) is 6.92 Å². The van der Waals surface area contributed by atoms with Crippen LogP contribution in [0.4, 0.5) is 0 Å². The fraction of sp³-hybridized carbons (Fsp3) is 0.227. The maximum atomic E-state index is 4.74. The largest absolute Gasteiger partial charge is 0.296 e. The van der Waals surface area contributed by atoms with Crippen LogP contribution in [0.1, 0.15) is 31.0 Å². The van der Waals surface area contributed by atoms with E-state index < -0.39 is 0 Å². The van der Waals surface area contributed by atoms with Crippen LogP contribution in [0.15, 0.2) is 60.9 Å². The number of hydrogen-bond acceptors (Lipinski definition) is 2. The second-order valence-electron chi connectivity index (χ2n) is 6.94. The molecule has 0 unspecified atom stereocenters. The SMILES string of the molecule is Cc1ccccc1-c1n(-c2nccnc2C(C)C)c2ccccc2[n+]1C. The van der Waals surface area contributed by atoms with Gasteiger partial charge in [0.05, 0.1) is 12.6 Å². The van der Waals surface area contributed by atoms with Crippen molar-refractivity contribution in [3.63, 3.8) is 0 Å². The van der Waals surface area contributed by atoms with Crippen molar-refractivity contribution in [2.75, 3.05) is 0 Å². The number of rotatable bonds is 3. The molecule has 0 saturated carbocycles. The lowest BCUT2D eigenvalue weighted by Gasteiger charge is -2.10. The first kappa shape index (κ1) is 16.5. The molecule has 0 saturated heterocycles. The zero-order chi connectivity index (χ0) is 18.3. The van der Waals surface area contributed by atoms with E-state index in [4.69, 9.17) is 4.98 Å². The number of nitrogens with zero attached hydrogens (tertiary/aromatic N) is 4. The molecule has 4 aromatic rings. The number of aromatic nitrogens is 4. The van der Waals surface area contributed by atoms with Crippen molar-refractivity contribution in [3.05, 3.63) is 72.2 Å². The molecule has 0 fully saturated rings. The Bertz CT molecular complexity index is 1090. The predicted molar refractivity (Wildman–Crippen MR) is 104 cm³/mol. The lowest BCUT2D eigenvalue weighted by molar-refractivity contribution is -0.633. The van der Waals surface area contributed by atoms with Crippen molar-refractivity contribution in [2.45, 2.75) is 26.7 Å². The third-order valence-corrected chi connectivity index (χ3v) is 4.86. The number of para-hydroxylation sites is 2. The molecule has 26 heavy (non-hydrogen) atoms. The van der Waals surface area contributed by atoms with Crippen LogP contribution in [-0.2, 0) is 7.05 Å². The van der Waals surface area contributed by atoms with Gasteiger partial charge in [-0.05, 0) is 30.7 Å². The molecule has 4 rings (SSSR count). The molecule has 2 heterocycles. The Labute approximate surface area is 153 Å². The Morgan fingerprint density at radius 2 is 1.62 bits per heavy atom. The van der Waals surface area contributed by atoms with Gasteiger partial charge in [-0.15, -0.1) is 0 Å². The third kappa shape index (κ3) is 2.49. The van der Waals surface area contributed by atoms with Gasteiger partial charge in [-0.1, -0.05) is 44.2 Å². The third-order valence-electron chi connectivity index (χ3n) is 4.86. The number of fused-ring (bicyclic) bond motifs is 1. The maximum absolute atomic E-state index is 4.74. The topological polar surface area (TPSA) is 34.6 Å². The molecule has 0 atom stereocenters.